The van der Waals surface area contributed by atoms with E-state index in [2.05, 4.69) is 4.74 Å². The zero-order valence-corrected chi connectivity index (χ0v) is 6.44. The molecule has 0 aliphatic carbocycles. The Morgan fingerprint density at radius 1 is 1.25 bits per heavy atom. The monoisotopic (exact) mass is 167 g/mol. The Balaban J connectivity index is 2.71. The number of carbonyl (C=O) groups excluding carboxylic acids is 1. The van der Waals surface area contributed by atoms with Crippen molar-refractivity contribution in [3.8, 4) is 11.5 Å². The van der Waals surface area contributed by atoms with Crippen molar-refractivity contribution in [1.29, 1.82) is 0 Å². The highest BCUT2D eigenvalue weighted by Crippen LogP contribution is 2.16. The minimum atomic E-state index is -1.57. The van der Waals surface area contributed by atoms with Crippen molar-refractivity contribution in [2.24, 2.45) is 0 Å². The summed E-state index contributed by atoms with van der Waals surface area (Å²) in [4.78, 5) is 9.96. The van der Waals surface area contributed by atoms with Crippen LogP contribution in [0.3, 0.4) is 0 Å². The van der Waals surface area contributed by atoms with Crippen LogP contribution in [0.25, 0.3) is 0 Å². The van der Waals surface area contributed by atoms with Crippen LogP contribution in [0.5, 0.6) is 11.5 Å². The van der Waals surface area contributed by atoms with Gasteiger partial charge in [0.1, 0.15) is 5.75 Å². The molecule has 0 spiro atoms. The van der Waals surface area contributed by atoms with Crippen LogP contribution in [0, 0.1) is 0 Å². The standard InChI is InChI=1S/C8H8O4/c1-11-6-2-4-7(5-3-6)12-8(9)10/h2-5H,1H3,(H,9,10)/p-1. The van der Waals surface area contributed by atoms with Gasteiger partial charge in [0.25, 0.3) is 6.16 Å². The van der Waals surface area contributed by atoms with Gasteiger partial charge in [0.15, 0.2) is 0 Å². The van der Waals surface area contributed by atoms with Crippen LogP contribution in [-0.2, 0) is 0 Å². The van der Waals surface area contributed by atoms with E-state index >= 15 is 0 Å². The fraction of sp³-hybridized carbons (Fsp3) is 0.125. The van der Waals surface area contributed by atoms with E-state index in [9.17, 15) is 9.90 Å². The number of ether oxygens (including phenoxy) is 2. The maximum Gasteiger partial charge on any atom is 0.257 e. The van der Waals surface area contributed by atoms with E-state index in [1.807, 2.05) is 0 Å². The SMILES string of the molecule is COc1ccc(OC(=O)[O-])cc1. The summed E-state index contributed by atoms with van der Waals surface area (Å²) in [6.45, 7) is 0. The molecule has 64 valence electrons. The third kappa shape index (κ3) is 2.16. The second-order valence-electron chi connectivity index (χ2n) is 2.03. The maximum atomic E-state index is 9.96. The summed E-state index contributed by atoms with van der Waals surface area (Å²) < 4.78 is 9.12. The molecule has 1 aromatic rings. The second kappa shape index (κ2) is 3.61. The number of hydrogen-bond acceptors (Lipinski definition) is 4. The molecule has 12 heavy (non-hydrogen) atoms. The maximum absolute atomic E-state index is 9.96. The van der Waals surface area contributed by atoms with Crippen LogP contribution in [0.2, 0.25) is 0 Å². The second-order valence-corrected chi connectivity index (χ2v) is 2.03. The summed E-state index contributed by atoms with van der Waals surface area (Å²) in [6, 6.07) is 6.15. The number of carbonyl (C=O) groups is 1. The fourth-order valence-electron chi connectivity index (χ4n) is 0.740. The molecule has 0 aliphatic heterocycles. The van der Waals surface area contributed by atoms with E-state index in [0.29, 0.717) is 5.75 Å². The molecular formula is C8H7O4-. The quantitative estimate of drug-likeness (QED) is 0.473. The van der Waals surface area contributed by atoms with E-state index in [-0.39, 0.29) is 5.75 Å². The molecular weight excluding hydrogens is 160 g/mol. The molecule has 0 amide bonds. The summed E-state index contributed by atoms with van der Waals surface area (Å²) in [6.07, 6.45) is -1.57. The van der Waals surface area contributed by atoms with Crippen LogP contribution >= 0.6 is 0 Å². The topological polar surface area (TPSA) is 58.6 Å². The summed E-state index contributed by atoms with van der Waals surface area (Å²) in [5, 5.41) is 9.96. The Kier molecular flexibility index (Phi) is 2.53. The summed E-state index contributed by atoms with van der Waals surface area (Å²) in [5.74, 6) is 0.858. The molecule has 4 nitrogen and oxygen atoms in total. The van der Waals surface area contributed by atoms with Crippen LogP contribution < -0.4 is 14.6 Å². The van der Waals surface area contributed by atoms with E-state index in [0.717, 1.165) is 0 Å². The van der Waals surface area contributed by atoms with Crippen molar-refractivity contribution in [2.75, 3.05) is 7.11 Å². The normalized spacial score (nSPS) is 9.08. The van der Waals surface area contributed by atoms with Crippen molar-refractivity contribution >= 4 is 6.16 Å². The first-order valence-corrected chi connectivity index (χ1v) is 3.25. The van der Waals surface area contributed by atoms with Gasteiger partial charge in [-0.05, 0) is 24.3 Å². The molecule has 0 saturated carbocycles. The van der Waals surface area contributed by atoms with Crippen molar-refractivity contribution in [3.05, 3.63) is 24.3 Å². The number of benzene rings is 1. The lowest BCUT2D eigenvalue weighted by molar-refractivity contribution is -0.271. The first-order chi connectivity index (χ1) is 5.72. The number of hydrogen-bond donors (Lipinski definition) is 0. The first kappa shape index (κ1) is 8.39. The van der Waals surface area contributed by atoms with Gasteiger partial charge in [-0.2, -0.15) is 0 Å². The van der Waals surface area contributed by atoms with Gasteiger partial charge < -0.3 is 19.4 Å². The molecule has 0 bridgehead atoms. The predicted octanol–water partition coefficient (Wildman–Crippen LogP) is 0.417. The number of rotatable bonds is 2. The van der Waals surface area contributed by atoms with Gasteiger partial charge >= 0.3 is 0 Å². The van der Waals surface area contributed by atoms with Gasteiger partial charge in [-0.25, -0.2) is 0 Å². The molecule has 0 atom stereocenters. The van der Waals surface area contributed by atoms with Gasteiger partial charge in [-0.1, -0.05) is 0 Å². The smallest absolute Gasteiger partial charge is 0.257 e. The Bertz CT molecular complexity index is 265. The van der Waals surface area contributed by atoms with Crippen molar-refractivity contribution in [3.63, 3.8) is 0 Å². The molecule has 0 fully saturated rings. The van der Waals surface area contributed by atoms with Crippen molar-refractivity contribution < 1.29 is 19.4 Å². The minimum Gasteiger partial charge on any atom is -0.514 e. The highest BCUT2D eigenvalue weighted by molar-refractivity contribution is 5.58. The van der Waals surface area contributed by atoms with Gasteiger partial charge in [-0.15, -0.1) is 0 Å². The Labute approximate surface area is 69.3 Å². The molecule has 0 aromatic heterocycles. The van der Waals surface area contributed by atoms with E-state index in [4.69, 9.17) is 4.74 Å². The summed E-state index contributed by atoms with van der Waals surface area (Å²) >= 11 is 0. The van der Waals surface area contributed by atoms with Crippen LogP contribution in [0.4, 0.5) is 4.79 Å². The van der Waals surface area contributed by atoms with E-state index in [1.54, 1.807) is 12.1 Å². The zero-order valence-electron chi connectivity index (χ0n) is 6.44. The minimum absolute atomic E-state index is 0.218. The lowest BCUT2D eigenvalue weighted by atomic mass is 10.3. The van der Waals surface area contributed by atoms with Gasteiger partial charge in [0.05, 0.1) is 12.9 Å². The Morgan fingerprint density at radius 3 is 2.17 bits per heavy atom. The van der Waals surface area contributed by atoms with Crippen LogP contribution in [0.1, 0.15) is 0 Å². The van der Waals surface area contributed by atoms with Gasteiger partial charge in [0.2, 0.25) is 0 Å². The molecule has 1 rings (SSSR count). The summed E-state index contributed by atoms with van der Waals surface area (Å²) in [5.41, 5.74) is 0. The molecule has 0 radical (unpaired) electrons. The molecule has 0 saturated heterocycles. The van der Waals surface area contributed by atoms with Crippen LogP contribution in [-0.4, -0.2) is 13.3 Å². The first-order valence-electron chi connectivity index (χ1n) is 3.25. The molecule has 0 N–H and O–H groups in total. The largest absolute Gasteiger partial charge is 0.514 e. The summed E-state index contributed by atoms with van der Waals surface area (Å²) in [7, 11) is 1.52. The Morgan fingerprint density at radius 2 is 1.75 bits per heavy atom. The highest BCUT2D eigenvalue weighted by atomic mass is 16.7. The highest BCUT2D eigenvalue weighted by Gasteiger charge is 1.91. The van der Waals surface area contributed by atoms with Crippen LogP contribution in [0.15, 0.2) is 24.3 Å². The predicted molar refractivity (Wildman–Crippen MR) is 39.0 cm³/mol. The molecule has 0 unspecified atom stereocenters. The van der Waals surface area contributed by atoms with Crippen molar-refractivity contribution in [1.82, 2.24) is 0 Å². The lowest BCUT2D eigenvalue weighted by Gasteiger charge is -2.07. The van der Waals surface area contributed by atoms with Crippen molar-refractivity contribution in [2.45, 2.75) is 0 Å². The number of carboxylic acid groups (broad SMARTS) is 1. The average molecular weight is 167 g/mol. The lowest BCUT2D eigenvalue weighted by Crippen LogP contribution is -2.26. The molecule has 1 aromatic carbocycles. The third-order valence-electron chi connectivity index (χ3n) is 1.26. The van der Waals surface area contributed by atoms with E-state index < -0.39 is 6.16 Å². The molecule has 4 heteroatoms. The zero-order chi connectivity index (χ0) is 8.97. The van der Waals surface area contributed by atoms with Gasteiger partial charge in [0, 0.05) is 0 Å². The molecule has 0 aliphatic rings. The average Bonchev–Trinajstić information content (AvgIpc) is 2.05. The fourth-order valence-corrected chi connectivity index (χ4v) is 0.740. The van der Waals surface area contributed by atoms with E-state index in [1.165, 1.54) is 19.2 Å². The molecule has 0 heterocycles. The Hall–Kier alpha value is -1.71. The number of methoxy groups -OCH3 is 1. The third-order valence-corrected chi connectivity index (χ3v) is 1.26. The van der Waals surface area contributed by atoms with Gasteiger partial charge in [-0.3, -0.25) is 0 Å².